The second-order valence-electron chi connectivity index (χ2n) is 6.09. The maximum Gasteiger partial charge on any atom is 0.311 e. The van der Waals surface area contributed by atoms with E-state index in [9.17, 15) is 14.0 Å². The highest BCUT2D eigenvalue weighted by atomic mass is 32.2. The topological polar surface area (TPSA) is 79.8 Å². The number of carbonyl (C=O) groups is 2. The Morgan fingerprint density at radius 2 is 1.93 bits per heavy atom. The molecule has 0 unspecified atom stereocenters. The quantitative estimate of drug-likeness (QED) is 0.682. The minimum Gasteiger partial charge on any atom is -0.466 e. The number of thioether (sulfide) groups is 1. The van der Waals surface area contributed by atoms with Crippen LogP contribution in [0.3, 0.4) is 0 Å². The first kappa shape index (κ1) is 20.6. The van der Waals surface area contributed by atoms with Crippen LogP contribution in [0.4, 0.5) is 21.5 Å². The second kappa shape index (κ2) is 9.88. The van der Waals surface area contributed by atoms with E-state index in [2.05, 4.69) is 15.6 Å². The molecule has 2 aromatic carbocycles. The van der Waals surface area contributed by atoms with Gasteiger partial charge in [0.15, 0.2) is 0 Å². The zero-order valence-corrected chi connectivity index (χ0v) is 16.6. The van der Waals surface area contributed by atoms with Gasteiger partial charge in [0, 0.05) is 11.4 Å². The number of hydrogen-bond acceptors (Lipinski definition) is 6. The molecule has 0 atom stereocenters. The molecule has 0 fully saturated rings. The normalized spacial score (nSPS) is 12.6. The Kier molecular flexibility index (Phi) is 7.02. The lowest BCUT2D eigenvalue weighted by Crippen LogP contribution is -2.15. The number of fused-ring (bicyclic) bond motifs is 1. The summed E-state index contributed by atoms with van der Waals surface area (Å²) in [5.41, 5.74) is 2.64. The molecule has 1 heterocycles. The molecule has 0 saturated carbocycles. The summed E-state index contributed by atoms with van der Waals surface area (Å²) in [6.45, 7) is 2.06. The van der Waals surface area contributed by atoms with Gasteiger partial charge in [-0.15, -0.1) is 0 Å². The largest absolute Gasteiger partial charge is 0.466 e. The number of halogens is 1. The summed E-state index contributed by atoms with van der Waals surface area (Å²) in [6, 6.07) is 13.0. The number of para-hydroxylation sites is 2. The van der Waals surface area contributed by atoms with Crippen molar-refractivity contribution in [3.63, 3.8) is 0 Å². The Bertz CT molecular complexity index is 958. The van der Waals surface area contributed by atoms with Gasteiger partial charge in [0.2, 0.25) is 5.91 Å². The van der Waals surface area contributed by atoms with E-state index in [1.807, 2.05) is 24.3 Å². The molecule has 1 aliphatic rings. The lowest BCUT2D eigenvalue weighted by molar-refractivity contribution is -0.142. The fourth-order valence-electron chi connectivity index (χ4n) is 2.59. The number of rotatable bonds is 6. The Morgan fingerprint density at radius 1 is 1.17 bits per heavy atom. The highest BCUT2D eigenvalue weighted by molar-refractivity contribution is 8.14. The molecule has 2 N–H and O–H groups in total. The molecule has 1 amide bonds. The van der Waals surface area contributed by atoms with Gasteiger partial charge in [0.05, 0.1) is 35.2 Å². The fraction of sp³-hybridized carbons (Fsp3) is 0.190. The molecule has 0 aliphatic carbocycles. The maximum absolute atomic E-state index is 13.0. The van der Waals surface area contributed by atoms with Gasteiger partial charge in [-0.05, 0) is 49.4 Å². The highest BCUT2D eigenvalue weighted by Crippen LogP contribution is 2.31. The van der Waals surface area contributed by atoms with Gasteiger partial charge in [-0.2, -0.15) is 0 Å². The molecular formula is C21H20FN3O3S. The van der Waals surface area contributed by atoms with Gasteiger partial charge < -0.3 is 15.4 Å². The number of nitrogens with zero attached hydrogens (tertiary/aromatic N) is 1. The number of ether oxygens (including phenoxy) is 1. The summed E-state index contributed by atoms with van der Waals surface area (Å²) in [5, 5.41) is 6.51. The van der Waals surface area contributed by atoms with E-state index in [1.165, 1.54) is 36.0 Å². The zero-order valence-electron chi connectivity index (χ0n) is 15.8. The van der Waals surface area contributed by atoms with Crippen molar-refractivity contribution in [3.8, 4) is 0 Å². The Labute approximate surface area is 172 Å². The SMILES string of the molecule is CCOC(=O)CC1=CC(SCC(=O)Nc2ccc(F)cc2)=Nc2ccccc2N1. The predicted molar refractivity (Wildman–Crippen MR) is 114 cm³/mol. The molecule has 2 aromatic rings. The predicted octanol–water partition coefficient (Wildman–Crippen LogP) is 4.49. The minimum atomic E-state index is -0.365. The molecule has 1 aliphatic heterocycles. The van der Waals surface area contributed by atoms with Crippen molar-refractivity contribution >= 4 is 45.7 Å². The first-order valence-corrected chi connectivity index (χ1v) is 10.0. The van der Waals surface area contributed by atoms with Gasteiger partial charge in [0.25, 0.3) is 0 Å². The second-order valence-corrected chi connectivity index (χ2v) is 7.08. The molecule has 0 radical (unpaired) electrons. The number of esters is 1. The molecule has 0 bridgehead atoms. The van der Waals surface area contributed by atoms with E-state index in [0.717, 1.165) is 5.69 Å². The van der Waals surface area contributed by atoms with Crippen molar-refractivity contribution in [1.82, 2.24) is 0 Å². The van der Waals surface area contributed by atoms with Gasteiger partial charge in [-0.25, -0.2) is 9.38 Å². The van der Waals surface area contributed by atoms with E-state index in [4.69, 9.17) is 4.74 Å². The maximum atomic E-state index is 13.0. The summed E-state index contributed by atoms with van der Waals surface area (Å²) < 4.78 is 18.0. The average Bonchev–Trinajstić information content (AvgIpc) is 2.87. The van der Waals surface area contributed by atoms with Crippen molar-refractivity contribution in [2.24, 2.45) is 4.99 Å². The number of nitrogens with one attached hydrogen (secondary N) is 2. The highest BCUT2D eigenvalue weighted by Gasteiger charge is 2.15. The van der Waals surface area contributed by atoms with Gasteiger partial charge in [-0.3, -0.25) is 9.59 Å². The molecule has 3 rings (SSSR count). The minimum absolute atomic E-state index is 0.0729. The first-order chi connectivity index (χ1) is 14.0. The first-order valence-electron chi connectivity index (χ1n) is 9.02. The lowest BCUT2D eigenvalue weighted by atomic mass is 10.2. The van der Waals surface area contributed by atoms with E-state index >= 15 is 0 Å². The van der Waals surface area contributed by atoms with Crippen LogP contribution in [0.2, 0.25) is 0 Å². The fourth-order valence-corrected chi connectivity index (χ4v) is 3.33. The number of anilines is 2. The summed E-state index contributed by atoms with van der Waals surface area (Å²) in [7, 11) is 0. The van der Waals surface area contributed by atoms with Crippen LogP contribution in [0.1, 0.15) is 13.3 Å². The molecule has 0 spiro atoms. The van der Waals surface area contributed by atoms with Crippen LogP contribution in [-0.2, 0) is 14.3 Å². The lowest BCUT2D eigenvalue weighted by Gasteiger charge is -2.10. The third-order valence-electron chi connectivity index (χ3n) is 3.85. The van der Waals surface area contributed by atoms with Gasteiger partial charge in [0.1, 0.15) is 5.82 Å². The van der Waals surface area contributed by atoms with Crippen molar-refractivity contribution in [1.29, 1.82) is 0 Å². The standard InChI is InChI=1S/C21H20FN3O3S/c1-2-28-21(27)12-16-11-20(25-18-6-4-3-5-17(18)23-16)29-13-19(26)24-15-9-7-14(22)8-10-15/h3-11,23H,2,12-13H2,1H3,(H,24,26). The van der Waals surface area contributed by atoms with Crippen LogP contribution in [0.15, 0.2) is 65.3 Å². The van der Waals surface area contributed by atoms with E-state index in [-0.39, 0.29) is 29.9 Å². The van der Waals surface area contributed by atoms with Crippen LogP contribution < -0.4 is 10.6 Å². The Morgan fingerprint density at radius 3 is 2.69 bits per heavy atom. The number of aliphatic imine (C=N–C) groups is 1. The molecule has 150 valence electrons. The number of carbonyl (C=O) groups excluding carboxylic acids is 2. The summed E-state index contributed by atoms with van der Waals surface area (Å²) in [6.07, 6.45) is 1.82. The van der Waals surface area contributed by atoms with Crippen molar-refractivity contribution < 1.29 is 18.7 Å². The van der Waals surface area contributed by atoms with Crippen LogP contribution in [0.5, 0.6) is 0 Å². The summed E-state index contributed by atoms with van der Waals surface area (Å²) in [4.78, 5) is 28.7. The smallest absolute Gasteiger partial charge is 0.311 e. The number of benzene rings is 2. The molecule has 29 heavy (non-hydrogen) atoms. The summed E-state index contributed by atoms with van der Waals surface area (Å²) >= 11 is 1.24. The van der Waals surface area contributed by atoms with Crippen molar-refractivity contribution in [2.45, 2.75) is 13.3 Å². The molecule has 0 saturated heterocycles. The van der Waals surface area contributed by atoms with Crippen LogP contribution in [0, 0.1) is 5.82 Å². The molecular weight excluding hydrogens is 393 g/mol. The number of hydrogen-bond donors (Lipinski definition) is 2. The Balaban J connectivity index is 1.70. The van der Waals surface area contributed by atoms with Crippen LogP contribution in [0.25, 0.3) is 0 Å². The van der Waals surface area contributed by atoms with E-state index < -0.39 is 0 Å². The zero-order chi connectivity index (χ0) is 20.6. The monoisotopic (exact) mass is 413 g/mol. The molecule has 8 heteroatoms. The van der Waals surface area contributed by atoms with E-state index in [1.54, 1.807) is 13.0 Å². The average molecular weight is 413 g/mol. The molecule has 0 aromatic heterocycles. The van der Waals surface area contributed by atoms with Gasteiger partial charge >= 0.3 is 5.97 Å². The third kappa shape index (κ3) is 6.18. The van der Waals surface area contributed by atoms with Crippen molar-refractivity contribution in [3.05, 3.63) is 66.1 Å². The number of amides is 1. The molecule has 6 nitrogen and oxygen atoms in total. The van der Waals surface area contributed by atoms with Crippen LogP contribution >= 0.6 is 11.8 Å². The summed E-state index contributed by atoms with van der Waals surface area (Å²) in [5.74, 6) is -0.837. The van der Waals surface area contributed by atoms with Crippen molar-refractivity contribution in [2.75, 3.05) is 23.0 Å². The van der Waals surface area contributed by atoms with Crippen LogP contribution in [-0.4, -0.2) is 29.3 Å². The third-order valence-corrected chi connectivity index (χ3v) is 4.76. The Hall–Kier alpha value is -3.13. The van der Waals surface area contributed by atoms with Gasteiger partial charge in [-0.1, -0.05) is 23.9 Å². The van der Waals surface area contributed by atoms with E-state index in [0.29, 0.717) is 28.7 Å².